The second-order valence-corrected chi connectivity index (χ2v) is 8.24. The number of fused-ring (bicyclic) bond motifs is 2. The van der Waals surface area contributed by atoms with Crippen molar-refractivity contribution in [2.24, 2.45) is 0 Å². The van der Waals surface area contributed by atoms with Gasteiger partial charge in [-0.05, 0) is 56.5 Å². The van der Waals surface area contributed by atoms with E-state index in [4.69, 9.17) is 18.6 Å². The summed E-state index contributed by atoms with van der Waals surface area (Å²) in [6, 6.07) is 12.0. The van der Waals surface area contributed by atoms with Crippen LogP contribution in [0.15, 0.2) is 51.7 Å². The van der Waals surface area contributed by atoms with Gasteiger partial charge in [-0.15, -0.1) is 0 Å². The molecule has 0 bridgehead atoms. The molecule has 7 nitrogen and oxygen atoms in total. The van der Waals surface area contributed by atoms with Crippen molar-refractivity contribution in [1.29, 1.82) is 0 Å². The summed E-state index contributed by atoms with van der Waals surface area (Å²) in [6.45, 7) is 5.86. The molecule has 2 aliphatic heterocycles. The lowest BCUT2D eigenvalue weighted by atomic mass is 9.97. The smallest absolute Gasteiger partial charge is 0.291 e. The van der Waals surface area contributed by atoms with E-state index in [1.165, 1.54) is 0 Å². The number of amides is 1. The predicted molar refractivity (Wildman–Crippen MR) is 123 cm³/mol. The summed E-state index contributed by atoms with van der Waals surface area (Å²) >= 11 is 0. The van der Waals surface area contributed by atoms with Crippen LogP contribution in [-0.4, -0.2) is 43.3 Å². The second kappa shape index (κ2) is 8.90. The van der Waals surface area contributed by atoms with E-state index in [0.29, 0.717) is 54.4 Å². The molecule has 0 N–H and O–H groups in total. The summed E-state index contributed by atoms with van der Waals surface area (Å²) in [5.41, 5.74) is 1.36. The average Bonchev–Trinajstić information content (AvgIpc) is 3.43. The van der Waals surface area contributed by atoms with Crippen LogP contribution in [0.25, 0.3) is 11.0 Å². The van der Waals surface area contributed by atoms with Gasteiger partial charge in [0, 0.05) is 13.2 Å². The SMILES string of the molecule is CCOc1ccc(C2c3c(oc4ccccc4c3=O)C(=O)N2CC2CCCO2)cc1OCC. The molecular weight excluding hydrogens is 422 g/mol. The monoisotopic (exact) mass is 449 g/mol. The molecule has 0 aliphatic carbocycles. The first kappa shape index (κ1) is 21.5. The number of ether oxygens (including phenoxy) is 3. The quantitative estimate of drug-likeness (QED) is 0.535. The molecule has 33 heavy (non-hydrogen) atoms. The summed E-state index contributed by atoms with van der Waals surface area (Å²) in [4.78, 5) is 28.8. The lowest BCUT2D eigenvalue weighted by Gasteiger charge is -2.28. The van der Waals surface area contributed by atoms with Gasteiger partial charge in [0.2, 0.25) is 5.76 Å². The fraction of sp³-hybridized carbons (Fsp3) is 0.385. The second-order valence-electron chi connectivity index (χ2n) is 8.24. The van der Waals surface area contributed by atoms with Crippen molar-refractivity contribution in [1.82, 2.24) is 4.90 Å². The molecule has 1 fully saturated rings. The molecule has 0 radical (unpaired) electrons. The van der Waals surface area contributed by atoms with E-state index in [9.17, 15) is 9.59 Å². The Balaban J connectivity index is 1.67. The molecule has 1 amide bonds. The third kappa shape index (κ3) is 3.76. The van der Waals surface area contributed by atoms with Gasteiger partial charge in [-0.2, -0.15) is 0 Å². The molecular formula is C26H27NO6. The van der Waals surface area contributed by atoms with E-state index in [2.05, 4.69) is 0 Å². The van der Waals surface area contributed by atoms with Gasteiger partial charge in [0.25, 0.3) is 5.91 Å². The molecule has 2 aliphatic rings. The standard InChI is InChI=1S/C26H27NO6/c1-3-30-20-12-11-16(14-21(20)31-4-2)23-22-24(28)18-9-5-6-10-19(18)33-25(22)26(29)27(23)15-17-8-7-13-32-17/h5-6,9-12,14,17,23H,3-4,7-8,13,15H2,1-2H3. The van der Waals surface area contributed by atoms with E-state index < -0.39 is 6.04 Å². The van der Waals surface area contributed by atoms with Crippen molar-refractivity contribution in [3.8, 4) is 11.5 Å². The summed E-state index contributed by atoms with van der Waals surface area (Å²) in [7, 11) is 0. The summed E-state index contributed by atoms with van der Waals surface area (Å²) in [5.74, 6) is 1.03. The molecule has 0 spiro atoms. The number of benzene rings is 2. The lowest BCUT2D eigenvalue weighted by Crippen LogP contribution is -2.36. The maximum atomic E-state index is 13.6. The van der Waals surface area contributed by atoms with Crippen LogP contribution in [0.3, 0.4) is 0 Å². The maximum absolute atomic E-state index is 13.6. The zero-order valence-corrected chi connectivity index (χ0v) is 18.8. The molecule has 7 heteroatoms. The number of rotatable bonds is 7. The van der Waals surface area contributed by atoms with Crippen LogP contribution in [0.2, 0.25) is 0 Å². The highest BCUT2D eigenvalue weighted by Crippen LogP contribution is 2.41. The predicted octanol–water partition coefficient (Wildman–Crippen LogP) is 4.31. The third-order valence-electron chi connectivity index (χ3n) is 6.18. The fourth-order valence-electron chi connectivity index (χ4n) is 4.75. The average molecular weight is 450 g/mol. The van der Waals surface area contributed by atoms with Crippen molar-refractivity contribution in [3.63, 3.8) is 0 Å². The first-order chi connectivity index (χ1) is 16.1. The van der Waals surface area contributed by atoms with Crippen molar-refractivity contribution < 1.29 is 23.4 Å². The largest absolute Gasteiger partial charge is 0.490 e. The molecule has 5 rings (SSSR count). The van der Waals surface area contributed by atoms with Crippen LogP contribution < -0.4 is 14.9 Å². The van der Waals surface area contributed by atoms with Crippen LogP contribution >= 0.6 is 0 Å². The lowest BCUT2D eigenvalue weighted by molar-refractivity contribution is 0.0486. The van der Waals surface area contributed by atoms with E-state index in [1.807, 2.05) is 32.0 Å². The molecule has 2 aromatic carbocycles. The molecule has 2 unspecified atom stereocenters. The molecule has 3 aromatic rings. The number of carbonyl (C=O) groups excluding carboxylic acids is 1. The minimum absolute atomic E-state index is 0.0654. The van der Waals surface area contributed by atoms with Gasteiger partial charge < -0.3 is 23.5 Å². The third-order valence-corrected chi connectivity index (χ3v) is 6.18. The van der Waals surface area contributed by atoms with Gasteiger partial charge in [-0.3, -0.25) is 9.59 Å². The van der Waals surface area contributed by atoms with E-state index in [-0.39, 0.29) is 23.2 Å². The molecule has 2 atom stereocenters. The number of hydrogen-bond donors (Lipinski definition) is 0. The zero-order valence-electron chi connectivity index (χ0n) is 18.8. The summed E-state index contributed by atoms with van der Waals surface area (Å²) in [5, 5.41) is 0.462. The Kier molecular flexibility index (Phi) is 5.81. The number of carbonyl (C=O) groups is 1. The first-order valence-corrected chi connectivity index (χ1v) is 11.5. The van der Waals surface area contributed by atoms with Crippen molar-refractivity contribution >= 4 is 16.9 Å². The van der Waals surface area contributed by atoms with E-state index in [1.54, 1.807) is 29.2 Å². The Bertz CT molecular complexity index is 1240. The topological polar surface area (TPSA) is 78.2 Å². The van der Waals surface area contributed by atoms with Gasteiger partial charge in [0.15, 0.2) is 16.9 Å². The van der Waals surface area contributed by atoms with Crippen molar-refractivity contribution in [2.45, 2.75) is 38.8 Å². The van der Waals surface area contributed by atoms with Gasteiger partial charge in [-0.25, -0.2) is 0 Å². The summed E-state index contributed by atoms with van der Waals surface area (Å²) in [6.07, 6.45) is 1.77. The van der Waals surface area contributed by atoms with Crippen LogP contribution in [0, 0.1) is 0 Å². The Hall–Kier alpha value is -3.32. The van der Waals surface area contributed by atoms with Crippen LogP contribution in [0.1, 0.15) is 54.4 Å². The molecule has 0 saturated carbocycles. The zero-order chi connectivity index (χ0) is 22.9. The summed E-state index contributed by atoms with van der Waals surface area (Å²) < 4.78 is 23.3. The van der Waals surface area contributed by atoms with Gasteiger partial charge >= 0.3 is 0 Å². The van der Waals surface area contributed by atoms with Crippen LogP contribution in [0.4, 0.5) is 0 Å². The minimum atomic E-state index is -0.590. The van der Waals surface area contributed by atoms with Crippen molar-refractivity contribution in [3.05, 3.63) is 69.6 Å². The minimum Gasteiger partial charge on any atom is -0.490 e. The number of para-hydroxylation sites is 1. The fourth-order valence-corrected chi connectivity index (χ4v) is 4.75. The first-order valence-electron chi connectivity index (χ1n) is 11.5. The van der Waals surface area contributed by atoms with Gasteiger partial charge in [-0.1, -0.05) is 18.2 Å². The molecule has 1 aromatic heterocycles. The highest BCUT2D eigenvalue weighted by Gasteiger charge is 2.44. The number of hydrogen-bond acceptors (Lipinski definition) is 6. The van der Waals surface area contributed by atoms with E-state index in [0.717, 1.165) is 18.4 Å². The van der Waals surface area contributed by atoms with Crippen molar-refractivity contribution in [2.75, 3.05) is 26.4 Å². The highest BCUT2D eigenvalue weighted by atomic mass is 16.5. The molecule has 1 saturated heterocycles. The van der Waals surface area contributed by atoms with Gasteiger partial charge in [0.1, 0.15) is 5.58 Å². The molecule has 172 valence electrons. The van der Waals surface area contributed by atoms with Crippen LogP contribution in [0.5, 0.6) is 11.5 Å². The Morgan fingerprint density at radius 1 is 1.03 bits per heavy atom. The Morgan fingerprint density at radius 3 is 2.58 bits per heavy atom. The normalized spacial score (nSPS) is 19.8. The number of nitrogens with zero attached hydrogens (tertiary/aromatic N) is 1. The Labute approximate surface area is 191 Å². The Morgan fingerprint density at radius 2 is 1.82 bits per heavy atom. The maximum Gasteiger partial charge on any atom is 0.291 e. The van der Waals surface area contributed by atoms with Gasteiger partial charge in [0.05, 0.1) is 36.3 Å². The van der Waals surface area contributed by atoms with E-state index >= 15 is 0 Å². The van der Waals surface area contributed by atoms with Crippen LogP contribution in [-0.2, 0) is 4.74 Å². The molecule has 3 heterocycles. The highest BCUT2D eigenvalue weighted by molar-refractivity contribution is 5.99.